The average Bonchev–Trinajstić information content (AvgIpc) is 2.81. The number of H-pyrrole nitrogens is 1. The molecule has 0 radical (unpaired) electrons. The molecule has 0 bridgehead atoms. The highest BCUT2D eigenvalue weighted by Gasteiger charge is 2.16. The Hall–Kier alpha value is -2.01. The number of aromatic amines is 1. The van der Waals surface area contributed by atoms with Crippen molar-refractivity contribution in [2.45, 2.75) is 38.8 Å². The summed E-state index contributed by atoms with van der Waals surface area (Å²) in [5.74, 6) is 0. The van der Waals surface area contributed by atoms with E-state index in [4.69, 9.17) is 10.5 Å². The molecule has 2 rings (SSSR count). The summed E-state index contributed by atoms with van der Waals surface area (Å²) in [4.78, 5) is 14.7. The van der Waals surface area contributed by atoms with Crippen LogP contribution in [0.5, 0.6) is 0 Å². The monoisotopic (exact) mass is 289 g/mol. The first-order chi connectivity index (χ1) is 9.83. The van der Waals surface area contributed by atoms with E-state index < -0.39 is 11.7 Å². The highest BCUT2D eigenvalue weighted by atomic mass is 16.6. The van der Waals surface area contributed by atoms with Crippen molar-refractivity contribution in [2.75, 3.05) is 6.54 Å². The van der Waals surface area contributed by atoms with Crippen molar-refractivity contribution in [1.29, 1.82) is 0 Å². The lowest BCUT2D eigenvalue weighted by Crippen LogP contribution is -2.41. The summed E-state index contributed by atoms with van der Waals surface area (Å²) in [5, 5.41) is 3.87. The number of rotatable bonds is 4. The van der Waals surface area contributed by atoms with E-state index >= 15 is 0 Å². The Morgan fingerprint density at radius 1 is 1.38 bits per heavy atom. The molecule has 0 aliphatic heterocycles. The molecule has 1 unspecified atom stereocenters. The maximum Gasteiger partial charge on any atom is 0.407 e. The summed E-state index contributed by atoms with van der Waals surface area (Å²) < 4.78 is 5.18. The van der Waals surface area contributed by atoms with E-state index in [1.165, 1.54) is 5.39 Å². The van der Waals surface area contributed by atoms with Crippen molar-refractivity contribution in [3.63, 3.8) is 0 Å². The van der Waals surface area contributed by atoms with Gasteiger partial charge in [-0.15, -0.1) is 0 Å². The van der Waals surface area contributed by atoms with Crippen LogP contribution in [0.1, 0.15) is 26.3 Å². The van der Waals surface area contributed by atoms with Crippen molar-refractivity contribution in [3.8, 4) is 0 Å². The molecule has 114 valence electrons. The zero-order valence-corrected chi connectivity index (χ0v) is 12.8. The molecule has 4 N–H and O–H groups in total. The Labute approximate surface area is 124 Å². The van der Waals surface area contributed by atoms with E-state index in [2.05, 4.69) is 16.4 Å². The molecular weight excluding hydrogens is 266 g/mol. The zero-order valence-electron chi connectivity index (χ0n) is 12.8. The van der Waals surface area contributed by atoms with Crippen LogP contribution in [0.3, 0.4) is 0 Å². The summed E-state index contributed by atoms with van der Waals surface area (Å²) >= 11 is 0. The summed E-state index contributed by atoms with van der Waals surface area (Å²) in [7, 11) is 0. The molecule has 0 saturated heterocycles. The third-order valence-electron chi connectivity index (χ3n) is 3.02. The summed E-state index contributed by atoms with van der Waals surface area (Å²) in [6.07, 6.45) is 2.19. The summed E-state index contributed by atoms with van der Waals surface area (Å²) in [5.41, 5.74) is 7.83. The minimum atomic E-state index is -0.493. The van der Waals surface area contributed by atoms with Crippen molar-refractivity contribution in [2.24, 2.45) is 5.73 Å². The Morgan fingerprint density at radius 3 is 2.86 bits per heavy atom. The number of fused-ring (bicyclic) bond motifs is 1. The van der Waals surface area contributed by atoms with Crippen LogP contribution in [-0.4, -0.2) is 29.3 Å². The zero-order chi connectivity index (χ0) is 15.5. The van der Waals surface area contributed by atoms with Gasteiger partial charge in [0.25, 0.3) is 0 Å². The van der Waals surface area contributed by atoms with Crippen LogP contribution >= 0.6 is 0 Å². The smallest absolute Gasteiger partial charge is 0.407 e. The SMILES string of the molecule is CC(C)(C)OC(=O)NCC(N)Cc1ccc2[nH]ccc2c1. The molecule has 0 saturated carbocycles. The topological polar surface area (TPSA) is 80.1 Å². The van der Waals surface area contributed by atoms with Gasteiger partial charge in [0.15, 0.2) is 0 Å². The van der Waals surface area contributed by atoms with E-state index in [-0.39, 0.29) is 6.04 Å². The highest BCUT2D eigenvalue weighted by Crippen LogP contribution is 2.15. The maximum atomic E-state index is 11.6. The fourth-order valence-corrected chi connectivity index (χ4v) is 2.13. The molecule has 0 aliphatic rings. The molecule has 5 nitrogen and oxygen atoms in total. The lowest BCUT2D eigenvalue weighted by Gasteiger charge is -2.20. The van der Waals surface area contributed by atoms with Gasteiger partial charge in [-0.2, -0.15) is 0 Å². The first-order valence-corrected chi connectivity index (χ1v) is 7.12. The fourth-order valence-electron chi connectivity index (χ4n) is 2.13. The molecule has 0 spiro atoms. The van der Waals surface area contributed by atoms with Crippen LogP contribution in [0.25, 0.3) is 10.9 Å². The number of benzene rings is 1. The van der Waals surface area contributed by atoms with Gasteiger partial charge in [0.05, 0.1) is 0 Å². The Morgan fingerprint density at radius 2 is 2.14 bits per heavy atom. The predicted molar refractivity (Wildman–Crippen MR) is 84.2 cm³/mol. The average molecular weight is 289 g/mol. The minimum absolute atomic E-state index is 0.145. The highest BCUT2D eigenvalue weighted by molar-refractivity contribution is 5.79. The first-order valence-electron chi connectivity index (χ1n) is 7.12. The Balaban J connectivity index is 1.84. The molecule has 0 aliphatic carbocycles. The molecule has 1 heterocycles. The van der Waals surface area contributed by atoms with Gasteiger partial charge in [-0.25, -0.2) is 4.79 Å². The molecule has 1 aromatic carbocycles. The van der Waals surface area contributed by atoms with Crippen LogP contribution in [0.2, 0.25) is 0 Å². The lowest BCUT2D eigenvalue weighted by molar-refractivity contribution is 0.0524. The number of carbonyl (C=O) groups excluding carboxylic acids is 1. The van der Waals surface area contributed by atoms with Crippen LogP contribution in [-0.2, 0) is 11.2 Å². The summed E-state index contributed by atoms with van der Waals surface area (Å²) in [6.45, 7) is 5.88. The lowest BCUT2D eigenvalue weighted by atomic mass is 10.0. The van der Waals surface area contributed by atoms with E-state index in [0.29, 0.717) is 13.0 Å². The number of ether oxygens (including phenoxy) is 1. The first kappa shape index (κ1) is 15.4. The number of nitrogens with one attached hydrogen (secondary N) is 2. The quantitative estimate of drug-likeness (QED) is 0.809. The second kappa shape index (κ2) is 6.18. The second-order valence-electron chi connectivity index (χ2n) is 6.25. The summed E-state index contributed by atoms with van der Waals surface area (Å²) in [6, 6.07) is 8.08. The van der Waals surface area contributed by atoms with E-state index in [9.17, 15) is 4.79 Å². The van der Waals surface area contributed by atoms with Crippen LogP contribution in [0.15, 0.2) is 30.5 Å². The van der Waals surface area contributed by atoms with E-state index in [1.807, 2.05) is 45.2 Å². The van der Waals surface area contributed by atoms with Gasteiger partial charge in [-0.1, -0.05) is 6.07 Å². The molecule has 1 aromatic heterocycles. The predicted octanol–water partition coefficient (Wildman–Crippen LogP) is 2.56. The third kappa shape index (κ3) is 4.79. The normalized spacial score (nSPS) is 13.1. The molecule has 1 atom stereocenters. The molecule has 2 aromatic rings. The van der Waals surface area contributed by atoms with Gasteiger partial charge in [-0.3, -0.25) is 0 Å². The Kier molecular flexibility index (Phi) is 4.53. The van der Waals surface area contributed by atoms with Crippen LogP contribution in [0, 0.1) is 0 Å². The van der Waals surface area contributed by atoms with Crippen molar-refractivity contribution in [1.82, 2.24) is 10.3 Å². The number of alkyl carbamates (subject to hydrolysis) is 1. The fraction of sp³-hybridized carbons (Fsp3) is 0.438. The third-order valence-corrected chi connectivity index (χ3v) is 3.02. The number of hydrogen-bond donors (Lipinski definition) is 3. The largest absolute Gasteiger partial charge is 0.444 e. The van der Waals surface area contributed by atoms with Crippen LogP contribution in [0.4, 0.5) is 4.79 Å². The Bertz CT molecular complexity index is 613. The molecule has 21 heavy (non-hydrogen) atoms. The van der Waals surface area contributed by atoms with Crippen molar-refractivity contribution in [3.05, 3.63) is 36.0 Å². The second-order valence-corrected chi connectivity index (χ2v) is 6.25. The van der Waals surface area contributed by atoms with Gasteiger partial charge in [0.2, 0.25) is 0 Å². The number of hydrogen-bond acceptors (Lipinski definition) is 3. The van der Waals surface area contributed by atoms with Gasteiger partial charge in [0.1, 0.15) is 5.60 Å². The van der Waals surface area contributed by atoms with Gasteiger partial charge in [0, 0.05) is 24.3 Å². The van der Waals surface area contributed by atoms with E-state index in [1.54, 1.807) is 0 Å². The number of aromatic nitrogens is 1. The van der Waals surface area contributed by atoms with Crippen LogP contribution < -0.4 is 11.1 Å². The molecule has 1 amide bonds. The van der Waals surface area contributed by atoms with Gasteiger partial charge >= 0.3 is 6.09 Å². The standard InChI is InChI=1S/C16H23N3O2/c1-16(2,3)21-15(20)19-10-13(17)9-11-4-5-14-12(8-11)6-7-18-14/h4-8,13,18H,9-10,17H2,1-3H3,(H,19,20). The van der Waals surface area contributed by atoms with Crippen molar-refractivity contribution >= 4 is 17.0 Å². The molecule has 0 fully saturated rings. The van der Waals surface area contributed by atoms with Gasteiger partial charge < -0.3 is 20.8 Å². The van der Waals surface area contributed by atoms with Gasteiger partial charge in [-0.05, 0) is 56.3 Å². The molecule has 5 heteroatoms. The number of nitrogens with two attached hydrogens (primary N) is 1. The van der Waals surface area contributed by atoms with Crippen molar-refractivity contribution < 1.29 is 9.53 Å². The number of carbonyl (C=O) groups is 1. The minimum Gasteiger partial charge on any atom is -0.444 e. The van der Waals surface area contributed by atoms with E-state index in [0.717, 1.165) is 11.1 Å². The molecular formula is C16H23N3O2. The maximum absolute atomic E-state index is 11.6. The number of amides is 1.